The van der Waals surface area contributed by atoms with Crippen molar-refractivity contribution in [1.29, 1.82) is 0 Å². The van der Waals surface area contributed by atoms with Gasteiger partial charge >= 0.3 is 0 Å². The fraction of sp³-hybridized carbons (Fsp3) is 0. The Morgan fingerprint density at radius 3 is 1.37 bits per heavy atom. The number of hydrogen-bond donors (Lipinski definition) is 0. The minimum Gasteiger partial charge on any atom is -0.309 e. The highest BCUT2D eigenvalue weighted by molar-refractivity contribution is 6.31. The van der Waals surface area contributed by atoms with Crippen LogP contribution < -0.4 is 0 Å². The van der Waals surface area contributed by atoms with Crippen LogP contribution in [0, 0.1) is 0 Å². The molecule has 0 N–H and O–H groups in total. The molecule has 9 aromatic carbocycles. The Hall–Kier alpha value is -8.41. The van der Waals surface area contributed by atoms with Gasteiger partial charge in [-0.05, 0) is 64.2 Å². The normalized spacial score (nSPS) is 11.5. The predicted octanol–water partition coefficient (Wildman–Crippen LogP) is 14.4. The summed E-state index contributed by atoms with van der Waals surface area (Å²) in [5.74, 6) is 1.77. The highest BCUT2D eigenvalue weighted by Crippen LogP contribution is 2.46. The summed E-state index contributed by atoms with van der Waals surface area (Å²) >= 11 is 0. The fourth-order valence-corrected chi connectivity index (χ4v) is 9.14. The Labute approximate surface area is 358 Å². The number of aromatic nitrogens is 5. The average Bonchev–Trinajstić information content (AvgIpc) is 3.88. The standard InChI is InChI=1S/C57H37N5/c1-5-18-38(19-6-1)43-24-17-25-44(36-43)39-32-34-42(35-33-39)56-58-55(41-22-9-3-10-23-41)59-57(60-56)62-50-31-16-14-29-47(50)53-52-46-28-13-15-30-49(46)61(45-26-11-4-12-27-45)51(52)37-48(54(53)62)40-20-7-2-8-21-40/h1-37H. The molecule has 0 unspecified atom stereocenters. The highest BCUT2D eigenvalue weighted by atomic mass is 15.2. The summed E-state index contributed by atoms with van der Waals surface area (Å²) in [6.45, 7) is 0. The second-order valence-corrected chi connectivity index (χ2v) is 15.6. The second-order valence-electron chi connectivity index (χ2n) is 15.6. The monoisotopic (exact) mass is 791 g/mol. The molecule has 0 saturated heterocycles. The molecule has 5 nitrogen and oxygen atoms in total. The van der Waals surface area contributed by atoms with Crippen LogP contribution in [-0.2, 0) is 0 Å². The summed E-state index contributed by atoms with van der Waals surface area (Å²) in [7, 11) is 0. The van der Waals surface area contributed by atoms with Crippen LogP contribution in [-0.4, -0.2) is 24.1 Å². The number of nitrogens with zero attached hydrogens (tertiary/aromatic N) is 5. The molecule has 3 heterocycles. The minimum absolute atomic E-state index is 0.558. The Kier molecular flexibility index (Phi) is 8.42. The maximum absolute atomic E-state index is 5.39. The van der Waals surface area contributed by atoms with Gasteiger partial charge in [-0.1, -0.05) is 188 Å². The third kappa shape index (κ3) is 5.90. The molecule has 0 atom stereocenters. The molecular formula is C57H37N5. The number of benzene rings is 9. The van der Waals surface area contributed by atoms with Crippen LogP contribution in [0.25, 0.3) is 111 Å². The SMILES string of the molecule is c1ccc(-c2cccc(-c3ccc(-c4nc(-c5ccccc5)nc(-n5c6ccccc6c6c7c8ccccc8n(-c8ccccc8)c7cc(-c7ccccc7)c65)n4)cc3)c2)cc1. The summed E-state index contributed by atoms with van der Waals surface area (Å²) < 4.78 is 4.67. The zero-order valence-electron chi connectivity index (χ0n) is 33.6. The summed E-state index contributed by atoms with van der Waals surface area (Å²) in [6.07, 6.45) is 0. The number of rotatable bonds is 7. The molecule has 0 aliphatic carbocycles. The first-order valence-electron chi connectivity index (χ1n) is 21.0. The lowest BCUT2D eigenvalue weighted by Gasteiger charge is -2.14. The van der Waals surface area contributed by atoms with Crippen molar-refractivity contribution in [1.82, 2.24) is 24.1 Å². The lowest BCUT2D eigenvalue weighted by atomic mass is 9.98. The van der Waals surface area contributed by atoms with Gasteiger partial charge in [-0.15, -0.1) is 0 Å². The van der Waals surface area contributed by atoms with Crippen molar-refractivity contribution in [3.05, 3.63) is 224 Å². The maximum atomic E-state index is 5.39. The zero-order chi connectivity index (χ0) is 41.0. The van der Waals surface area contributed by atoms with Crippen molar-refractivity contribution in [2.75, 3.05) is 0 Å². The first kappa shape index (κ1) is 35.5. The third-order valence-electron chi connectivity index (χ3n) is 12.0. The summed E-state index contributed by atoms with van der Waals surface area (Å²) in [4.78, 5) is 15.9. The van der Waals surface area contributed by atoms with Crippen molar-refractivity contribution in [2.24, 2.45) is 0 Å². The Bertz CT molecular complexity index is 3590. The van der Waals surface area contributed by atoms with E-state index in [1.807, 2.05) is 18.2 Å². The Morgan fingerprint density at radius 2 is 0.742 bits per heavy atom. The van der Waals surface area contributed by atoms with E-state index >= 15 is 0 Å². The van der Waals surface area contributed by atoms with E-state index < -0.39 is 0 Å². The molecule has 0 aliphatic heterocycles. The molecule has 0 spiro atoms. The first-order valence-corrected chi connectivity index (χ1v) is 21.0. The van der Waals surface area contributed by atoms with E-state index in [2.05, 4.69) is 215 Å². The van der Waals surface area contributed by atoms with Crippen LogP contribution in [0.15, 0.2) is 224 Å². The molecule has 0 aliphatic rings. The van der Waals surface area contributed by atoms with E-state index in [4.69, 9.17) is 15.0 Å². The van der Waals surface area contributed by atoms with Crippen molar-refractivity contribution in [3.63, 3.8) is 0 Å². The summed E-state index contributed by atoms with van der Waals surface area (Å²) in [5.41, 5.74) is 14.2. The van der Waals surface area contributed by atoms with Crippen LogP contribution in [0.4, 0.5) is 0 Å². The molecule has 62 heavy (non-hydrogen) atoms. The van der Waals surface area contributed by atoms with Gasteiger partial charge in [-0.3, -0.25) is 4.57 Å². The lowest BCUT2D eigenvalue weighted by Crippen LogP contribution is -2.07. The van der Waals surface area contributed by atoms with Gasteiger partial charge in [0.05, 0.1) is 22.1 Å². The lowest BCUT2D eigenvalue weighted by molar-refractivity contribution is 0.954. The molecule has 0 fully saturated rings. The fourth-order valence-electron chi connectivity index (χ4n) is 9.14. The topological polar surface area (TPSA) is 48.5 Å². The number of para-hydroxylation sites is 3. The smallest absolute Gasteiger partial charge is 0.238 e. The summed E-state index contributed by atoms with van der Waals surface area (Å²) in [6, 6.07) is 79.2. The number of fused-ring (bicyclic) bond motifs is 7. The van der Waals surface area contributed by atoms with E-state index in [0.29, 0.717) is 17.6 Å². The number of hydrogen-bond acceptors (Lipinski definition) is 3. The van der Waals surface area contributed by atoms with Crippen molar-refractivity contribution < 1.29 is 0 Å². The van der Waals surface area contributed by atoms with Gasteiger partial charge < -0.3 is 4.57 Å². The van der Waals surface area contributed by atoms with Crippen molar-refractivity contribution in [3.8, 4) is 67.8 Å². The van der Waals surface area contributed by atoms with Crippen molar-refractivity contribution in [2.45, 2.75) is 0 Å². The first-order chi connectivity index (χ1) is 30.8. The maximum Gasteiger partial charge on any atom is 0.238 e. The van der Waals surface area contributed by atoms with Gasteiger partial charge in [0, 0.05) is 43.9 Å². The predicted molar refractivity (Wildman–Crippen MR) is 256 cm³/mol. The molecule has 0 bridgehead atoms. The Morgan fingerprint density at radius 1 is 0.290 bits per heavy atom. The van der Waals surface area contributed by atoms with E-state index in [-0.39, 0.29) is 0 Å². The van der Waals surface area contributed by atoms with E-state index in [9.17, 15) is 0 Å². The van der Waals surface area contributed by atoms with Gasteiger partial charge in [-0.2, -0.15) is 9.97 Å². The van der Waals surface area contributed by atoms with E-state index in [0.717, 1.165) is 71.9 Å². The van der Waals surface area contributed by atoms with Crippen LogP contribution in [0.1, 0.15) is 0 Å². The average molecular weight is 792 g/mol. The minimum atomic E-state index is 0.558. The molecule has 0 amide bonds. The Balaban J connectivity index is 1.13. The van der Waals surface area contributed by atoms with Gasteiger partial charge in [0.25, 0.3) is 0 Å². The molecule has 0 saturated carbocycles. The van der Waals surface area contributed by atoms with Gasteiger partial charge in [0.15, 0.2) is 11.6 Å². The van der Waals surface area contributed by atoms with Crippen LogP contribution >= 0.6 is 0 Å². The molecule has 5 heteroatoms. The molecule has 12 aromatic rings. The highest BCUT2D eigenvalue weighted by Gasteiger charge is 2.25. The molecular weight excluding hydrogens is 755 g/mol. The molecule has 290 valence electrons. The quantitative estimate of drug-likeness (QED) is 0.162. The van der Waals surface area contributed by atoms with Crippen molar-refractivity contribution >= 4 is 43.6 Å². The van der Waals surface area contributed by atoms with E-state index in [1.54, 1.807) is 0 Å². The third-order valence-corrected chi connectivity index (χ3v) is 12.0. The molecule has 3 aromatic heterocycles. The van der Waals surface area contributed by atoms with Crippen LogP contribution in [0.2, 0.25) is 0 Å². The molecule has 0 radical (unpaired) electrons. The van der Waals surface area contributed by atoms with Crippen LogP contribution in [0.3, 0.4) is 0 Å². The zero-order valence-corrected chi connectivity index (χ0v) is 33.6. The largest absolute Gasteiger partial charge is 0.309 e. The van der Waals surface area contributed by atoms with Crippen LogP contribution in [0.5, 0.6) is 0 Å². The summed E-state index contributed by atoms with van der Waals surface area (Å²) in [5, 5.41) is 4.67. The van der Waals surface area contributed by atoms with E-state index in [1.165, 1.54) is 21.9 Å². The van der Waals surface area contributed by atoms with Gasteiger partial charge in [0.1, 0.15) is 0 Å². The van der Waals surface area contributed by atoms with Gasteiger partial charge in [-0.25, -0.2) is 4.98 Å². The van der Waals surface area contributed by atoms with Gasteiger partial charge in [0.2, 0.25) is 5.95 Å². The molecule has 12 rings (SSSR count). The second kappa shape index (κ2) is 14.7.